The fourth-order valence-electron chi connectivity index (χ4n) is 3.77. The van der Waals surface area contributed by atoms with E-state index in [4.69, 9.17) is 5.73 Å². The maximum Gasteiger partial charge on any atom is 0.287 e. The summed E-state index contributed by atoms with van der Waals surface area (Å²) in [6.45, 7) is 3.77. The van der Waals surface area contributed by atoms with Crippen molar-refractivity contribution in [3.05, 3.63) is 33.3 Å². The van der Waals surface area contributed by atoms with Gasteiger partial charge in [-0.2, -0.15) is 15.5 Å². The van der Waals surface area contributed by atoms with Gasteiger partial charge in [0.05, 0.1) is 10.9 Å². The van der Waals surface area contributed by atoms with E-state index in [2.05, 4.69) is 31.0 Å². The van der Waals surface area contributed by atoms with E-state index in [-0.39, 0.29) is 0 Å². The van der Waals surface area contributed by atoms with Gasteiger partial charge in [-0.05, 0) is 56.7 Å². The molecule has 11 heteroatoms. The van der Waals surface area contributed by atoms with Gasteiger partial charge in [0, 0.05) is 10.6 Å². The number of carbonyl (C=O) groups is 2. The van der Waals surface area contributed by atoms with Crippen LogP contribution in [0.25, 0.3) is 11.0 Å². The lowest BCUT2D eigenvalue weighted by atomic mass is 9.95. The molecular weight excluding hydrogens is 416 g/mol. The average Bonchev–Trinajstić information content (AvgIpc) is 3.29. The number of H-pyrrole nitrogens is 1. The number of anilines is 2. The number of pyridine rings is 1. The topological polar surface area (TPSA) is 162 Å². The second-order valence-electron chi connectivity index (χ2n) is 7.30. The summed E-state index contributed by atoms with van der Waals surface area (Å²) < 4.78 is 0. The Morgan fingerprint density at radius 1 is 1.32 bits per heavy atom. The Bertz CT molecular complexity index is 1280. The highest BCUT2D eigenvalue weighted by Crippen LogP contribution is 2.37. The molecule has 0 aromatic carbocycles. The number of nitrogens with zero attached hydrogens (tertiary/aromatic N) is 4. The largest absolute Gasteiger partial charge is 0.365 e. The van der Waals surface area contributed by atoms with Gasteiger partial charge in [-0.1, -0.05) is 0 Å². The summed E-state index contributed by atoms with van der Waals surface area (Å²) in [7, 11) is 0. The molecule has 0 saturated heterocycles. The smallest absolute Gasteiger partial charge is 0.287 e. The molecular formula is C20H20N8O2S. The van der Waals surface area contributed by atoms with Crippen LogP contribution in [0, 0.1) is 25.2 Å². The normalized spacial score (nSPS) is 13.5. The molecule has 4 rings (SSSR count). The van der Waals surface area contributed by atoms with Crippen molar-refractivity contribution in [2.24, 2.45) is 10.8 Å². The quantitative estimate of drug-likeness (QED) is 0.355. The summed E-state index contributed by atoms with van der Waals surface area (Å²) in [4.78, 5) is 30.1. The molecule has 0 atom stereocenters. The molecule has 158 valence electrons. The van der Waals surface area contributed by atoms with Crippen LogP contribution in [-0.4, -0.2) is 32.7 Å². The molecule has 3 aromatic heterocycles. The van der Waals surface area contributed by atoms with Crippen molar-refractivity contribution in [3.8, 4) is 6.07 Å². The van der Waals surface area contributed by atoms with Gasteiger partial charge in [0.1, 0.15) is 11.1 Å². The third kappa shape index (κ3) is 3.85. The third-order valence-electron chi connectivity index (χ3n) is 5.09. The van der Waals surface area contributed by atoms with Gasteiger partial charge in [-0.15, -0.1) is 11.3 Å². The molecule has 1 aliphatic carbocycles. The minimum Gasteiger partial charge on any atom is -0.365 e. The highest BCUT2D eigenvalue weighted by molar-refractivity contribution is 7.17. The second kappa shape index (κ2) is 8.16. The van der Waals surface area contributed by atoms with Gasteiger partial charge < -0.3 is 11.1 Å². The van der Waals surface area contributed by atoms with E-state index in [0.717, 1.165) is 47.4 Å². The number of thiophene rings is 1. The Kier molecular flexibility index (Phi) is 5.39. The number of aryl methyl sites for hydroxylation is 3. The molecule has 0 radical (unpaired) electrons. The maximum absolute atomic E-state index is 12.7. The summed E-state index contributed by atoms with van der Waals surface area (Å²) in [6.07, 6.45) is 3.59. The van der Waals surface area contributed by atoms with E-state index in [9.17, 15) is 14.9 Å². The molecule has 5 N–H and O–H groups in total. The lowest BCUT2D eigenvalue weighted by molar-refractivity contribution is -0.110. The minimum absolute atomic E-state index is 0.329. The van der Waals surface area contributed by atoms with E-state index in [1.165, 1.54) is 11.3 Å². The zero-order valence-corrected chi connectivity index (χ0v) is 17.8. The number of nitriles is 1. The van der Waals surface area contributed by atoms with E-state index in [1.54, 1.807) is 6.07 Å². The predicted octanol–water partition coefficient (Wildman–Crippen LogP) is 2.54. The molecule has 0 saturated carbocycles. The number of nitrogens with one attached hydrogen (secondary N) is 3. The van der Waals surface area contributed by atoms with Gasteiger partial charge in [0.15, 0.2) is 11.5 Å². The van der Waals surface area contributed by atoms with E-state index < -0.39 is 17.5 Å². The number of carbonyl (C=O) groups excluding carboxylic acids is 2. The van der Waals surface area contributed by atoms with Crippen LogP contribution in [0.2, 0.25) is 0 Å². The lowest BCUT2D eigenvalue weighted by Crippen LogP contribution is -2.24. The zero-order chi connectivity index (χ0) is 22.1. The number of aromatic nitrogens is 3. The second-order valence-corrected chi connectivity index (χ2v) is 8.40. The zero-order valence-electron chi connectivity index (χ0n) is 17.0. The Hall–Kier alpha value is -3.78. The fraction of sp³-hybridized carbons (Fsp3) is 0.300. The van der Waals surface area contributed by atoms with Gasteiger partial charge in [0.25, 0.3) is 11.8 Å². The maximum atomic E-state index is 12.7. The first-order chi connectivity index (χ1) is 14.9. The van der Waals surface area contributed by atoms with Crippen LogP contribution in [0.4, 0.5) is 10.8 Å². The van der Waals surface area contributed by atoms with Gasteiger partial charge in [-0.3, -0.25) is 20.1 Å². The van der Waals surface area contributed by atoms with E-state index in [1.807, 2.05) is 19.9 Å². The van der Waals surface area contributed by atoms with Crippen LogP contribution in [0.1, 0.15) is 44.9 Å². The van der Waals surface area contributed by atoms with Crippen molar-refractivity contribution in [1.82, 2.24) is 15.2 Å². The Balaban J connectivity index is 1.59. The molecule has 10 nitrogen and oxygen atoms in total. The first-order valence-electron chi connectivity index (χ1n) is 9.70. The minimum atomic E-state index is -0.731. The number of rotatable bonds is 5. The van der Waals surface area contributed by atoms with Crippen LogP contribution in [-0.2, 0) is 17.6 Å². The van der Waals surface area contributed by atoms with Gasteiger partial charge in [0.2, 0.25) is 5.71 Å². The van der Waals surface area contributed by atoms with Crippen molar-refractivity contribution in [2.45, 2.75) is 39.5 Å². The van der Waals surface area contributed by atoms with Crippen molar-refractivity contribution in [2.75, 3.05) is 10.7 Å². The average molecular weight is 437 g/mol. The summed E-state index contributed by atoms with van der Waals surface area (Å²) in [5.74, 6) is -0.902. The van der Waals surface area contributed by atoms with Gasteiger partial charge in [-0.25, -0.2) is 4.98 Å². The standard InChI is InChI=1S/C20H20N8O2S/c1-9-7-10(2)23-17-14(9)18(28-26-17)27-25-12(8-21)19(30)24-20-15(16(22)29)11-5-3-4-6-13(11)31-20/h7H,3-6H2,1-2H3,(H2,22,29)(H,24,30)(H2,23,26,27,28)/b25-12-. The van der Waals surface area contributed by atoms with E-state index in [0.29, 0.717) is 27.4 Å². The van der Waals surface area contributed by atoms with Crippen molar-refractivity contribution in [3.63, 3.8) is 0 Å². The van der Waals surface area contributed by atoms with Crippen LogP contribution >= 0.6 is 11.3 Å². The van der Waals surface area contributed by atoms with Crippen molar-refractivity contribution >= 4 is 50.7 Å². The third-order valence-corrected chi connectivity index (χ3v) is 6.30. The molecule has 2 amide bonds. The van der Waals surface area contributed by atoms with Gasteiger partial charge >= 0.3 is 0 Å². The summed E-state index contributed by atoms with van der Waals surface area (Å²) >= 11 is 1.33. The highest BCUT2D eigenvalue weighted by Gasteiger charge is 2.26. The van der Waals surface area contributed by atoms with Crippen molar-refractivity contribution in [1.29, 1.82) is 5.26 Å². The number of hydrogen-bond acceptors (Lipinski definition) is 8. The molecule has 3 aromatic rings. The predicted molar refractivity (Wildman–Crippen MR) is 118 cm³/mol. The molecule has 3 heterocycles. The summed E-state index contributed by atoms with van der Waals surface area (Å²) in [5.41, 5.74) is 11.3. The number of fused-ring (bicyclic) bond motifs is 2. The molecule has 0 spiro atoms. The Labute approximate surface area is 181 Å². The number of primary amides is 1. The van der Waals surface area contributed by atoms with Crippen LogP contribution in [0.5, 0.6) is 0 Å². The lowest BCUT2D eigenvalue weighted by Gasteiger charge is -2.11. The first kappa shape index (κ1) is 20.5. The Morgan fingerprint density at radius 2 is 2.10 bits per heavy atom. The number of hydrazone groups is 1. The summed E-state index contributed by atoms with van der Waals surface area (Å²) in [6, 6.07) is 3.68. The van der Waals surface area contributed by atoms with E-state index >= 15 is 0 Å². The Morgan fingerprint density at radius 3 is 2.84 bits per heavy atom. The first-order valence-corrected chi connectivity index (χ1v) is 10.5. The highest BCUT2D eigenvalue weighted by atomic mass is 32.1. The fourth-order valence-corrected chi connectivity index (χ4v) is 5.06. The molecule has 31 heavy (non-hydrogen) atoms. The number of nitrogens with two attached hydrogens (primary N) is 1. The number of hydrogen-bond donors (Lipinski definition) is 4. The molecule has 0 fully saturated rings. The van der Waals surface area contributed by atoms with Crippen LogP contribution in [0.15, 0.2) is 11.2 Å². The van der Waals surface area contributed by atoms with Crippen molar-refractivity contribution < 1.29 is 9.59 Å². The summed E-state index contributed by atoms with van der Waals surface area (Å²) in [5, 5.41) is 24.0. The molecule has 0 unspecified atom stereocenters. The number of aromatic amines is 1. The molecule has 0 aliphatic heterocycles. The van der Waals surface area contributed by atoms with Crippen LogP contribution < -0.4 is 16.5 Å². The SMILES string of the molecule is Cc1cc(C)c2c(N/N=C(/C#N)C(=O)Nc3sc4c(c3C(N)=O)CCCC4)[nH]nc2n1. The molecule has 0 bridgehead atoms. The monoisotopic (exact) mass is 436 g/mol. The van der Waals surface area contributed by atoms with Crippen LogP contribution in [0.3, 0.4) is 0 Å². The molecule has 1 aliphatic rings. The number of amides is 2.